The van der Waals surface area contributed by atoms with Crippen LogP contribution in [-0.4, -0.2) is 11.9 Å². The molecule has 4 nitrogen and oxygen atoms in total. The lowest BCUT2D eigenvalue weighted by Crippen LogP contribution is -2.33. The van der Waals surface area contributed by atoms with Gasteiger partial charge in [0.05, 0.1) is 23.7 Å². The zero-order valence-electron chi connectivity index (χ0n) is 17.6. The molecule has 2 atom stereocenters. The molecule has 0 amide bonds. The summed E-state index contributed by atoms with van der Waals surface area (Å²) in [5, 5.41) is 13.3. The average molecular weight is 399 g/mol. The van der Waals surface area contributed by atoms with Gasteiger partial charge in [-0.3, -0.25) is 4.79 Å². The van der Waals surface area contributed by atoms with Gasteiger partial charge in [-0.1, -0.05) is 48.5 Å². The normalized spacial score (nSPS) is 21.2. The minimum atomic E-state index is -0.398. The van der Waals surface area contributed by atoms with E-state index in [4.69, 9.17) is 4.74 Å². The number of carbonyl (C=O) groups excluding carboxylic acids is 1. The molecule has 1 aliphatic carbocycles. The second-order valence-electron chi connectivity index (χ2n) is 8.24. The number of Topliss-reactive ketones (excluding diaryl/α,β-unsaturated/α-hetero) is 1. The number of dihydropyridines is 1. The van der Waals surface area contributed by atoms with Crippen LogP contribution in [0.2, 0.25) is 0 Å². The van der Waals surface area contributed by atoms with Gasteiger partial charge in [-0.15, -0.1) is 0 Å². The second kappa shape index (κ2) is 8.20. The van der Waals surface area contributed by atoms with Gasteiger partial charge in [0.25, 0.3) is 0 Å². The van der Waals surface area contributed by atoms with Crippen LogP contribution in [0.3, 0.4) is 0 Å². The molecule has 152 valence electrons. The first-order chi connectivity index (χ1) is 14.5. The van der Waals surface area contributed by atoms with Gasteiger partial charge in [0.2, 0.25) is 0 Å². The summed E-state index contributed by atoms with van der Waals surface area (Å²) in [5.41, 5.74) is 5.09. The van der Waals surface area contributed by atoms with Gasteiger partial charge in [0.1, 0.15) is 5.75 Å². The summed E-state index contributed by atoms with van der Waals surface area (Å²) in [7, 11) is 0. The maximum Gasteiger partial charge on any atom is 0.162 e. The van der Waals surface area contributed by atoms with Crippen LogP contribution in [0, 0.1) is 11.3 Å². The van der Waals surface area contributed by atoms with Crippen molar-refractivity contribution in [3.63, 3.8) is 0 Å². The lowest BCUT2D eigenvalue weighted by Gasteiger charge is -2.36. The molecule has 0 unspecified atom stereocenters. The summed E-state index contributed by atoms with van der Waals surface area (Å²) in [6.07, 6.45) is 1.21. The molecular weight excluding hydrogens is 372 g/mol. The Bertz CT molecular complexity index is 1070. The molecule has 1 N–H and O–H groups in total. The quantitative estimate of drug-likeness (QED) is 0.753. The summed E-state index contributed by atoms with van der Waals surface area (Å²) in [4.78, 5) is 13.4. The molecule has 0 spiro atoms. The van der Waals surface area contributed by atoms with E-state index in [0.29, 0.717) is 17.6 Å². The summed E-state index contributed by atoms with van der Waals surface area (Å²) in [6.45, 7) is 5.87. The largest absolute Gasteiger partial charge is 0.491 e. The van der Waals surface area contributed by atoms with E-state index in [2.05, 4.69) is 23.5 Å². The van der Waals surface area contributed by atoms with Crippen LogP contribution in [0.1, 0.15) is 56.6 Å². The number of benzene rings is 2. The smallest absolute Gasteiger partial charge is 0.162 e. The summed E-state index contributed by atoms with van der Waals surface area (Å²) >= 11 is 0. The fourth-order valence-electron chi connectivity index (χ4n) is 4.54. The minimum Gasteiger partial charge on any atom is -0.491 e. The molecule has 0 radical (unpaired) electrons. The first kappa shape index (κ1) is 20.0. The van der Waals surface area contributed by atoms with Crippen molar-refractivity contribution in [2.24, 2.45) is 0 Å². The second-order valence-corrected chi connectivity index (χ2v) is 8.24. The SMILES string of the molecule is CC1=C(C#N)[C@@H](c2ccccc2OC(C)C)C2=C(C[C@@H](c3ccccc3)CC2=O)N1. The van der Waals surface area contributed by atoms with Crippen molar-refractivity contribution in [3.8, 4) is 11.8 Å². The fourth-order valence-corrected chi connectivity index (χ4v) is 4.54. The highest BCUT2D eigenvalue weighted by atomic mass is 16.5. The molecule has 2 aromatic rings. The molecule has 1 aliphatic heterocycles. The van der Waals surface area contributed by atoms with E-state index in [1.54, 1.807) is 0 Å². The number of carbonyl (C=O) groups is 1. The predicted molar refractivity (Wildman–Crippen MR) is 117 cm³/mol. The van der Waals surface area contributed by atoms with Crippen LogP contribution in [0.4, 0.5) is 0 Å². The topological polar surface area (TPSA) is 62.1 Å². The maximum absolute atomic E-state index is 13.4. The van der Waals surface area contributed by atoms with E-state index in [1.165, 1.54) is 5.56 Å². The number of ether oxygens (including phenoxy) is 1. The molecule has 0 bridgehead atoms. The highest BCUT2D eigenvalue weighted by Gasteiger charge is 2.39. The molecule has 0 fully saturated rings. The standard InChI is InChI=1S/C26H26N2O2/c1-16(2)30-24-12-8-7-11-20(24)25-21(15-27)17(3)28-22-13-19(14-23(29)26(22)25)18-9-5-4-6-10-18/h4-12,16,19,25,28H,13-14H2,1-3H3/t19-,25-/m1/s1. The van der Waals surface area contributed by atoms with Crippen molar-refractivity contribution >= 4 is 5.78 Å². The van der Waals surface area contributed by atoms with Gasteiger partial charge in [-0.2, -0.15) is 5.26 Å². The summed E-state index contributed by atoms with van der Waals surface area (Å²) in [6, 6.07) is 20.3. The Balaban J connectivity index is 1.81. The minimum absolute atomic E-state index is 0.00134. The number of nitriles is 1. The summed E-state index contributed by atoms with van der Waals surface area (Å²) in [5.74, 6) is 0.571. The average Bonchev–Trinajstić information content (AvgIpc) is 2.73. The lowest BCUT2D eigenvalue weighted by atomic mass is 9.72. The Hall–Kier alpha value is -3.32. The monoisotopic (exact) mass is 398 g/mol. The molecule has 4 rings (SSSR count). The number of nitrogens with one attached hydrogen (secondary N) is 1. The summed E-state index contributed by atoms with van der Waals surface area (Å²) < 4.78 is 6.05. The van der Waals surface area contributed by atoms with E-state index in [1.807, 2.05) is 63.2 Å². The Labute approximate surface area is 177 Å². The molecule has 4 heteroatoms. The third-order valence-electron chi connectivity index (χ3n) is 5.81. The van der Waals surface area contributed by atoms with Crippen LogP contribution in [0.5, 0.6) is 5.75 Å². The van der Waals surface area contributed by atoms with E-state index in [0.717, 1.165) is 29.1 Å². The number of nitrogens with zero attached hydrogens (tertiary/aromatic N) is 1. The van der Waals surface area contributed by atoms with Crippen LogP contribution in [-0.2, 0) is 4.79 Å². The molecule has 1 heterocycles. The van der Waals surface area contributed by atoms with Crippen LogP contribution in [0.15, 0.2) is 77.1 Å². The Kier molecular flexibility index (Phi) is 5.46. The highest BCUT2D eigenvalue weighted by molar-refractivity contribution is 6.00. The zero-order valence-corrected chi connectivity index (χ0v) is 17.6. The van der Waals surface area contributed by atoms with Crippen molar-refractivity contribution in [2.45, 2.75) is 51.6 Å². The first-order valence-electron chi connectivity index (χ1n) is 10.4. The molecule has 2 aliphatic rings. The van der Waals surface area contributed by atoms with E-state index < -0.39 is 5.92 Å². The van der Waals surface area contributed by atoms with Gasteiger partial charge in [0.15, 0.2) is 5.78 Å². The van der Waals surface area contributed by atoms with Crippen molar-refractivity contribution in [1.82, 2.24) is 5.32 Å². The van der Waals surface area contributed by atoms with Crippen LogP contribution in [0.25, 0.3) is 0 Å². The first-order valence-corrected chi connectivity index (χ1v) is 10.4. The predicted octanol–water partition coefficient (Wildman–Crippen LogP) is 5.36. The van der Waals surface area contributed by atoms with Crippen LogP contribution >= 0.6 is 0 Å². The Morgan fingerprint density at radius 1 is 1.07 bits per heavy atom. The number of ketones is 1. The molecule has 0 saturated heterocycles. The van der Waals surface area contributed by atoms with E-state index in [-0.39, 0.29) is 17.8 Å². The maximum atomic E-state index is 13.4. The zero-order chi connectivity index (χ0) is 21.3. The van der Waals surface area contributed by atoms with Crippen molar-refractivity contribution < 1.29 is 9.53 Å². The molecule has 30 heavy (non-hydrogen) atoms. The number of para-hydroxylation sites is 1. The third-order valence-corrected chi connectivity index (χ3v) is 5.81. The number of rotatable bonds is 4. The number of allylic oxidation sites excluding steroid dienone is 4. The molecule has 0 saturated carbocycles. The van der Waals surface area contributed by atoms with Gasteiger partial charge >= 0.3 is 0 Å². The van der Waals surface area contributed by atoms with Crippen molar-refractivity contribution in [1.29, 1.82) is 5.26 Å². The lowest BCUT2D eigenvalue weighted by molar-refractivity contribution is -0.116. The Morgan fingerprint density at radius 2 is 1.77 bits per heavy atom. The van der Waals surface area contributed by atoms with Crippen LogP contribution < -0.4 is 10.1 Å². The van der Waals surface area contributed by atoms with E-state index >= 15 is 0 Å². The van der Waals surface area contributed by atoms with E-state index in [9.17, 15) is 10.1 Å². The molecular formula is C26H26N2O2. The van der Waals surface area contributed by atoms with Gasteiger partial charge in [0, 0.05) is 29.0 Å². The van der Waals surface area contributed by atoms with Crippen molar-refractivity contribution in [3.05, 3.63) is 88.3 Å². The van der Waals surface area contributed by atoms with Gasteiger partial charge in [-0.25, -0.2) is 0 Å². The van der Waals surface area contributed by atoms with Gasteiger partial charge in [-0.05, 0) is 44.7 Å². The molecule has 0 aromatic heterocycles. The highest BCUT2D eigenvalue weighted by Crippen LogP contribution is 2.47. The number of hydrogen-bond acceptors (Lipinski definition) is 4. The van der Waals surface area contributed by atoms with Crippen molar-refractivity contribution in [2.75, 3.05) is 0 Å². The fraction of sp³-hybridized carbons (Fsp3) is 0.308. The Morgan fingerprint density at radius 3 is 2.47 bits per heavy atom. The third kappa shape index (κ3) is 3.64. The molecule has 2 aromatic carbocycles. The number of hydrogen-bond donors (Lipinski definition) is 1. The van der Waals surface area contributed by atoms with Gasteiger partial charge < -0.3 is 10.1 Å².